The van der Waals surface area contributed by atoms with Gasteiger partial charge in [0.1, 0.15) is 12.4 Å². The van der Waals surface area contributed by atoms with E-state index in [2.05, 4.69) is 37.4 Å². The third kappa shape index (κ3) is 4.02. The number of aryl methyl sites for hydroxylation is 3. The second kappa shape index (κ2) is 7.83. The van der Waals surface area contributed by atoms with E-state index in [0.29, 0.717) is 6.61 Å². The molecule has 3 nitrogen and oxygen atoms in total. The molecule has 1 aromatic heterocycles. The van der Waals surface area contributed by atoms with Crippen molar-refractivity contribution in [1.82, 2.24) is 4.57 Å². The predicted octanol–water partition coefficient (Wildman–Crippen LogP) is 4.97. The maximum Gasteiger partial charge on any atom is 0.253 e. The van der Waals surface area contributed by atoms with E-state index in [9.17, 15) is 4.79 Å². The molecule has 134 valence electrons. The SMILES string of the molecule is CSc1cc(OCc2ccccc2C)cc(-c2cc(C)c(=O)n(C)c2)c1. The lowest BCUT2D eigenvalue weighted by molar-refractivity contribution is 0.305. The summed E-state index contributed by atoms with van der Waals surface area (Å²) in [5, 5.41) is 0. The molecule has 0 amide bonds. The summed E-state index contributed by atoms with van der Waals surface area (Å²) in [6.07, 6.45) is 3.93. The molecule has 0 bridgehead atoms. The first-order chi connectivity index (χ1) is 12.5. The van der Waals surface area contributed by atoms with Crippen molar-refractivity contribution in [3.8, 4) is 16.9 Å². The molecule has 0 N–H and O–H groups in total. The van der Waals surface area contributed by atoms with Crippen LogP contribution in [-0.4, -0.2) is 10.8 Å². The molecule has 4 heteroatoms. The van der Waals surface area contributed by atoms with Crippen LogP contribution < -0.4 is 10.3 Å². The minimum Gasteiger partial charge on any atom is -0.489 e. The van der Waals surface area contributed by atoms with Gasteiger partial charge in [-0.15, -0.1) is 11.8 Å². The first-order valence-corrected chi connectivity index (χ1v) is 9.74. The fourth-order valence-corrected chi connectivity index (χ4v) is 3.39. The fraction of sp³-hybridized carbons (Fsp3) is 0.227. The number of pyridine rings is 1. The minimum absolute atomic E-state index is 0.0331. The van der Waals surface area contributed by atoms with Crippen molar-refractivity contribution in [2.24, 2.45) is 7.05 Å². The van der Waals surface area contributed by atoms with Crippen LogP contribution in [0.3, 0.4) is 0 Å². The second-order valence-electron chi connectivity index (χ2n) is 6.44. The van der Waals surface area contributed by atoms with Crippen molar-refractivity contribution in [3.63, 3.8) is 0 Å². The van der Waals surface area contributed by atoms with Crippen molar-refractivity contribution < 1.29 is 4.74 Å². The maximum absolute atomic E-state index is 12.0. The average molecular weight is 365 g/mol. The van der Waals surface area contributed by atoms with Crippen LogP contribution in [0.4, 0.5) is 0 Å². The molecule has 0 spiro atoms. The summed E-state index contributed by atoms with van der Waals surface area (Å²) in [5.74, 6) is 0.835. The van der Waals surface area contributed by atoms with Crippen molar-refractivity contribution in [3.05, 3.63) is 81.8 Å². The van der Waals surface area contributed by atoms with Gasteiger partial charge in [-0.25, -0.2) is 0 Å². The van der Waals surface area contributed by atoms with E-state index < -0.39 is 0 Å². The topological polar surface area (TPSA) is 31.2 Å². The highest BCUT2D eigenvalue weighted by molar-refractivity contribution is 7.98. The highest BCUT2D eigenvalue weighted by Gasteiger charge is 2.08. The summed E-state index contributed by atoms with van der Waals surface area (Å²) in [5.41, 5.74) is 5.24. The molecule has 1 heterocycles. The number of rotatable bonds is 5. The molecule has 3 aromatic rings. The normalized spacial score (nSPS) is 10.8. The first-order valence-electron chi connectivity index (χ1n) is 8.52. The lowest BCUT2D eigenvalue weighted by Crippen LogP contribution is -2.18. The quantitative estimate of drug-likeness (QED) is 0.598. The molecule has 0 saturated carbocycles. The van der Waals surface area contributed by atoms with Gasteiger partial charge in [-0.3, -0.25) is 4.79 Å². The number of hydrogen-bond donors (Lipinski definition) is 0. The average Bonchev–Trinajstić information content (AvgIpc) is 2.64. The molecule has 0 radical (unpaired) electrons. The van der Waals surface area contributed by atoms with Crippen LogP contribution in [0.1, 0.15) is 16.7 Å². The molecule has 0 aliphatic rings. The molecule has 0 fully saturated rings. The molecule has 0 unspecified atom stereocenters. The number of hydrogen-bond acceptors (Lipinski definition) is 3. The molecular weight excluding hydrogens is 342 g/mol. The van der Waals surface area contributed by atoms with Crippen LogP contribution in [0.2, 0.25) is 0 Å². The van der Waals surface area contributed by atoms with Gasteiger partial charge in [0.15, 0.2) is 0 Å². The van der Waals surface area contributed by atoms with E-state index in [1.54, 1.807) is 23.4 Å². The molecule has 0 saturated heterocycles. The Kier molecular flexibility index (Phi) is 5.52. The first kappa shape index (κ1) is 18.3. The van der Waals surface area contributed by atoms with Crippen LogP contribution in [0.5, 0.6) is 5.75 Å². The van der Waals surface area contributed by atoms with Crippen molar-refractivity contribution in [2.45, 2.75) is 25.3 Å². The highest BCUT2D eigenvalue weighted by atomic mass is 32.2. The van der Waals surface area contributed by atoms with Gasteiger partial charge in [0.25, 0.3) is 5.56 Å². The standard InChI is InChI=1S/C22H23NO2S/c1-15-7-5-6-8-17(15)14-25-20-10-18(11-21(12-20)26-4)19-9-16(2)22(24)23(3)13-19/h5-13H,14H2,1-4H3. The fourth-order valence-electron chi connectivity index (χ4n) is 2.91. The summed E-state index contributed by atoms with van der Waals surface area (Å²) >= 11 is 1.68. The van der Waals surface area contributed by atoms with Crippen LogP contribution in [0, 0.1) is 13.8 Å². The lowest BCUT2D eigenvalue weighted by Gasteiger charge is -2.13. The van der Waals surface area contributed by atoms with E-state index in [-0.39, 0.29) is 5.56 Å². The number of aromatic nitrogens is 1. The van der Waals surface area contributed by atoms with Gasteiger partial charge < -0.3 is 9.30 Å². The van der Waals surface area contributed by atoms with Gasteiger partial charge in [0, 0.05) is 23.7 Å². The Morgan fingerprint density at radius 3 is 2.46 bits per heavy atom. The number of nitrogens with zero attached hydrogens (tertiary/aromatic N) is 1. The molecular formula is C22H23NO2S. The second-order valence-corrected chi connectivity index (χ2v) is 7.32. The third-order valence-corrected chi connectivity index (χ3v) is 5.17. The molecule has 0 aliphatic carbocycles. The van der Waals surface area contributed by atoms with Crippen LogP contribution >= 0.6 is 11.8 Å². The lowest BCUT2D eigenvalue weighted by atomic mass is 10.1. The summed E-state index contributed by atoms with van der Waals surface area (Å²) in [6.45, 7) is 4.48. The van der Waals surface area contributed by atoms with E-state index in [1.807, 2.05) is 37.4 Å². The number of benzene rings is 2. The van der Waals surface area contributed by atoms with Gasteiger partial charge in [-0.05, 0) is 66.6 Å². The Hall–Kier alpha value is -2.46. The summed E-state index contributed by atoms with van der Waals surface area (Å²) in [4.78, 5) is 13.1. The summed E-state index contributed by atoms with van der Waals surface area (Å²) < 4.78 is 7.71. The zero-order valence-electron chi connectivity index (χ0n) is 15.6. The monoisotopic (exact) mass is 365 g/mol. The van der Waals surface area contributed by atoms with Gasteiger partial charge in [-0.1, -0.05) is 24.3 Å². The van der Waals surface area contributed by atoms with Crippen LogP contribution in [-0.2, 0) is 13.7 Å². The third-order valence-electron chi connectivity index (χ3n) is 4.47. The Bertz CT molecular complexity index is 965. The van der Waals surface area contributed by atoms with E-state index in [0.717, 1.165) is 27.3 Å². The van der Waals surface area contributed by atoms with Crippen molar-refractivity contribution in [1.29, 1.82) is 0 Å². The Balaban J connectivity index is 1.94. The Morgan fingerprint density at radius 2 is 1.77 bits per heavy atom. The van der Waals surface area contributed by atoms with E-state index in [1.165, 1.54) is 11.1 Å². The van der Waals surface area contributed by atoms with Crippen LogP contribution in [0.15, 0.2) is 64.4 Å². The molecule has 26 heavy (non-hydrogen) atoms. The Labute approximate surface area is 158 Å². The summed E-state index contributed by atoms with van der Waals surface area (Å²) in [6, 6.07) is 16.4. The predicted molar refractivity (Wildman–Crippen MR) is 109 cm³/mol. The van der Waals surface area contributed by atoms with Crippen molar-refractivity contribution >= 4 is 11.8 Å². The van der Waals surface area contributed by atoms with Crippen LogP contribution in [0.25, 0.3) is 11.1 Å². The largest absolute Gasteiger partial charge is 0.489 e. The van der Waals surface area contributed by atoms with Gasteiger partial charge in [-0.2, -0.15) is 0 Å². The number of thioether (sulfide) groups is 1. The van der Waals surface area contributed by atoms with Gasteiger partial charge in [0.05, 0.1) is 0 Å². The van der Waals surface area contributed by atoms with Crippen molar-refractivity contribution in [2.75, 3.05) is 6.26 Å². The molecule has 3 rings (SSSR count). The zero-order valence-corrected chi connectivity index (χ0v) is 16.4. The zero-order chi connectivity index (χ0) is 18.7. The molecule has 2 aromatic carbocycles. The smallest absolute Gasteiger partial charge is 0.253 e. The Morgan fingerprint density at radius 1 is 1.00 bits per heavy atom. The number of ether oxygens (including phenoxy) is 1. The highest BCUT2D eigenvalue weighted by Crippen LogP contribution is 2.30. The van der Waals surface area contributed by atoms with Gasteiger partial charge in [0.2, 0.25) is 0 Å². The summed E-state index contributed by atoms with van der Waals surface area (Å²) in [7, 11) is 1.78. The maximum atomic E-state index is 12.0. The molecule has 0 aliphatic heterocycles. The van der Waals surface area contributed by atoms with Gasteiger partial charge >= 0.3 is 0 Å². The van der Waals surface area contributed by atoms with E-state index >= 15 is 0 Å². The molecule has 0 atom stereocenters. The van der Waals surface area contributed by atoms with E-state index in [4.69, 9.17) is 4.74 Å². The minimum atomic E-state index is 0.0331.